The number of rotatable bonds is 5. The lowest BCUT2D eigenvalue weighted by molar-refractivity contribution is 0.138. The molecule has 0 spiro atoms. The van der Waals surface area contributed by atoms with Crippen molar-refractivity contribution in [3.05, 3.63) is 24.2 Å². The predicted octanol–water partition coefficient (Wildman–Crippen LogP) is 0.0107. The highest BCUT2D eigenvalue weighted by molar-refractivity contribution is 6.56. The molecule has 1 unspecified atom stereocenters. The summed E-state index contributed by atoms with van der Waals surface area (Å²) in [6.45, 7) is 1.09. The van der Waals surface area contributed by atoms with Crippen LogP contribution >= 0.6 is 0 Å². The van der Waals surface area contributed by atoms with Gasteiger partial charge in [0.25, 0.3) is 5.88 Å². The molecule has 0 aliphatic carbocycles. The fraction of sp³-hybridized carbons (Fsp3) is 0.333. The van der Waals surface area contributed by atoms with Crippen LogP contribution in [0.3, 0.4) is 0 Å². The molecule has 4 rings (SSSR count). The van der Waals surface area contributed by atoms with Crippen LogP contribution in [0.5, 0.6) is 5.88 Å². The number of aromatic nitrogens is 5. The van der Waals surface area contributed by atoms with Crippen LogP contribution in [0.15, 0.2) is 18.5 Å². The maximum Gasteiger partial charge on any atom is 0.257 e. The van der Waals surface area contributed by atoms with Crippen LogP contribution in [-0.4, -0.2) is 67.6 Å². The van der Waals surface area contributed by atoms with E-state index in [2.05, 4.69) is 25.4 Å². The summed E-state index contributed by atoms with van der Waals surface area (Å²) >= 11 is 0. The molecule has 0 bridgehead atoms. The van der Waals surface area contributed by atoms with Crippen molar-refractivity contribution in [3.8, 4) is 11.9 Å². The van der Waals surface area contributed by atoms with Crippen LogP contribution in [0, 0.1) is 11.3 Å². The Morgan fingerprint density at radius 2 is 2.30 bits per heavy atom. The van der Waals surface area contributed by atoms with Crippen LogP contribution in [0.1, 0.15) is 12.1 Å². The third-order valence-corrected chi connectivity index (χ3v) is 3.98. The lowest BCUT2D eigenvalue weighted by Crippen LogP contribution is -2.35. The van der Waals surface area contributed by atoms with E-state index in [9.17, 15) is 0 Å². The van der Waals surface area contributed by atoms with Gasteiger partial charge in [-0.05, 0) is 11.3 Å². The van der Waals surface area contributed by atoms with Crippen molar-refractivity contribution in [2.24, 2.45) is 0 Å². The molecule has 1 saturated heterocycles. The quantitative estimate of drug-likeness (QED) is 0.620. The monoisotopic (exact) mass is 355 g/mol. The van der Waals surface area contributed by atoms with Crippen molar-refractivity contribution in [1.29, 1.82) is 5.26 Å². The molecule has 0 aromatic carbocycles. The van der Waals surface area contributed by atoms with E-state index >= 15 is 0 Å². The Labute approximate surface area is 158 Å². The molecule has 2 N–H and O–H groups in total. The number of hydrogen-bond donors (Lipinski definition) is 2. The standard InChI is InChI=1S/C15H12B3N7O2/c16-15(17,18)25-6-11(13(24-25)27-10-1-2-26-7-10)22-14-20-5-8-3-9(4-19)21-12(8)23-14/h3,5-6,10H,1-2,7H2,(H2,20,21,22,23). The molecule has 0 amide bonds. The third-order valence-electron chi connectivity index (χ3n) is 3.98. The van der Waals surface area contributed by atoms with Crippen molar-refractivity contribution in [2.75, 3.05) is 18.5 Å². The Morgan fingerprint density at radius 1 is 1.44 bits per heavy atom. The highest BCUT2D eigenvalue weighted by Crippen LogP contribution is 2.29. The molecular formula is C15H12B3N7O2. The summed E-state index contributed by atoms with van der Waals surface area (Å²) in [5.41, 5.74) is 1.36. The van der Waals surface area contributed by atoms with Crippen LogP contribution in [0.25, 0.3) is 11.0 Å². The topological polar surface area (TPSA) is 114 Å². The molecule has 0 saturated carbocycles. The first-order chi connectivity index (χ1) is 12.9. The molecular weight excluding hydrogens is 343 g/mol. The summed E-state index contributed by atoms with van der Waals surface area (Å²) in [7, 11) is 17.1. The van der Waals surface area contributed by atoms with Crippen LogP contribution in [0.4, 0.5) is 11.6 Å². The molecule has 1 atom stereocenters. The summed E-state index contributed by atoms with van der Waals surface area (Å²) in [6, 6.07) is 3.69. The molecule has 1 aliphatic rings. The minimum Gasteiger partial charge on any atom is -0.469 e. The van der Waals surface area contributed by atoms with Crippen molar-refractivity contribution in [2.45, 2.75) is 17.8 Å². The first-order valence-corrected chi connectivity index (χ1v) is 8.16. The summed E-state index contributed by atoms with van der Waals surface area (Å²) in [5, 5.41) is 15.2. The Morgan fingerprint density at radius 3 is 3.00 bits per heavy atom. The van der Waals surface area contributed by atoms with Gasteiger partial charge >= 0.3 is 0 Å². The van der Waals surface area contributed by atoms with Gasteiger partial charge in [0, 0.05) is 18.0 Å². The minimum absolute atomic E-state index is 0.137. The highest BCUT2D eigenvalue weighted by atomic mass is 16.6. The van der Waals surface area contributed by atoms with E-state index in [0.717, 1.165) is 11.8 Å². The molecule has 4 heterocycles. The predicted molar refractivity (Wildman–Crippen MR) is 99.2 cm³/mol. The Hall–Kier alpha value is -2.93. The smallest absolute Gasteiger partial charge is 0.257 e. The van der Waals surface area contributed by atoms with Crippen molar-refractivity contribution in [1.82, 2.24) is 24.7 Å². The maximum atomic E-state index is 8.98. The molecule has 1 aliphatic heterocycles. The Bertz CT molecular complexity index is 1010. The molecule has 12 heteroatoms. The van der Waals surface area contributed by atoms with Gasteiger partial charge in [-0.25, -0.2) is 4.98 Å². The van der Waals surface area contributed by atoms with Gasteiger partial charge in [-0.2, -0.15) is 10.2 Å². The zero-order valence-corrected chi connectivity index (χ0v) is 14.2. The summed E-state index contributed by atoms with van der Waals surface area (Å²) in [6.07, 6.45) is 3.71. The molecule has 1 fully saturated rings. The summed E-state index contributed by atoms with van der Waals surface area (Å²) in [4.78, 5) is 11.5. The number of fused-ring (bicyclic) bond motifs is 1. The summed E-state index contributed by atoms with van der Waals surface area (Å²) < 4.78 is 12.4. The van der Waals surface area contributed by atoms with Gasteiger partial charge in [-0.15, -0.1) is 5.10 Å². The second kappa shape index (κ2) is 6.66. The van der Waals surface area contributed by atoms with Crippen molar-refractivity contribution < 1.29 is 9.47 Å². The molecule has 6 radical (unpaired) electrons. The molecule has 9 nitrogen and oxygen atoms in total. The normalized spacial score (nSPS) is 17.1. The van der Waals surface area contributed by atoms with E-state index in [1.54, 1.807) is 12.3 Å². The maximum absolute atomic E-state index is 8.98. The van der Waals surface area contributed by atoms with Gasteiger partial charge in [0.15, 0.2) is 0 Å². The van der Waals surface area contributed by atoms with E-state index < -0.39 is 5.24 Å². The van der Waals surface area contributed by atoms with E-state index in [1.165, 1.54) is 10.9 Å². The number of aromatic amines is 1. The zero-order valence-electron chi connectivity index (χ0n) is 14.2. The van der Waals surface area contributed by atoms with Gasteiger partial charge in [0.05, 0.1) is 42.9 Å². The van der Waals surface area contributed by atoms with E-state index in [4.69, 9.17) is 38.3 Å². The van der Waals surface area contributed by atoms with Crippen LogP contribution in [0.2, 0.25) is 0 Å². The number of nitriles is 1. The van der Waals surface area contributed by atoms with Crippen molar-refractivity contribution in [3.63, 3.8) is 0 Å². The molecule has 3 aromatic heterocycles. The van der Waals surface area contributed by atoms with Gasteiger partial charge in [-0.1, -0.05) is 0 Å². The highest BCUT2D eigenvalue weighted by Gasteiger charge is 2.24. The fourth-order valence-corrected chi connectivity index (χ4v) is 2.65. The van der Waals surface area contributed by atoms with E-state index in [0.29, 0.717) is 30.2 Å². The van der Waals surface area contributed by atoms with Crippen molar-refractivity contribution >= 4 is 46.2 Å². The van der Waals surface area contributed by atoms with Crippen LogP contribution < -0.4 is 10.1 Å². The number of nitrogens with one attached hydrogen (secondary N) is 2. The SMILES string of the molecule is [B]C([B])([B])n1cc(Nc2ncc3cc(C#N)[nH]c3n2)c(OC2CCOC2)n1. The number of anilines is 2. The number of H-pyrrole nitrogens is 1. The number of nitrogens with zero attached hydrogens (tertiary/aromatic N) is 5. The third kappa shape index (κ3) is 3.64. The average molecular weight is 355 g/mol. The average Bonchev–Trinajstić information content (AvgIpc) is 3.34. The zero-order chi connectivity index (χ0) is 19.0. The first-order valence-electron chi connectivity index (χ1n) is 8.16. The Kier molecular flexibility index (Phi) is 4.32. The van der Waals surface area contributed by atoms with Gasteiger partial charge < -0.3 is 19.8 Å². The van der Waals surface area contributed by atoms with Gasteiger partial charge in [0.2, 0.25) is 5.95 Å². The first kappa shape index (κ1) is 17.5. The second-order valence-electron chi connectivity index (χ2n) is 6.20. The second-order valence-corrected chi connectivity index (χ2v) is 6.20. The summed E-state index contributed by atoms with van der Waals surface area (Å²) in [5.74, 6) is 0.529. The molecule has 128 valence electrons. The van der Waals surface area contributed by atoms with Gasteiger partial charge in [0.1, 0.15) is 29.2 Å². The van der Waals surface area contributed by atoms with E-state index in [-0.39, 0.29) is 17.9 Å². The fourth-order valence-electron chi connectivity index (χ4n) is 2.65. The lowest BCUT2D eigenvalue weighted by Gasteiger charge is -2.20. The molecule has 3 aromatic rings. The number of hydrogen-bond acceptors (Lipinski definition) is 7. The van der Waals surface area contributed by atoms with Gasteiger partial charge in [-0.3, -0.25) is 4.68 Å². The Balaban J connectivity index is 1.65. The van der Waals surface area contributed by atoms with E-state index in [1.807, 2.05) is 6.07 Å². The number of ether oxygens (including phenoxy) is 2. The largest absolute Gasteiger partial charge is 0.469 e. The molecule has 27 heavy (non-hydrogen) atoms. The minimum atomic E-state index is -1.70. The van der Waals surface area contributed by atoms with Crippen LogP contribution in [-0.2, 0) is 9.97 Å². The lowest BCUT2D eigenvalue weighted by atomic mass is 9.49.